The number of guanidine groups is 1. The molecule has 1 aliphatic rings. The molecule has 140 valence electrons. The largest absolute Gasteiger partial charge is 0.493 e. The van der Waals surface area contributed by atoms with Gasteiger partial charge in [-0.05, 0) is 64.4 Å². The van der Waals surface area contributed by atoms with Gasteiger partial charge in [0.05, 0.1) is 14.2 Å². The molecule has 1 aliphatic heterocycles. The fourth-order valence-corrected chi connectivity index (χ4v) is 3.07. The molecule has 0 bridgehead atoms. The Balaban J connectivity index is 1.93. The van der Waals surface area contributed by atoms with E-state index < -0.39 is 0 Å². The maximum absolute atomic E-state index is 5.36. The summed E-state index contributed by atoms with van der Waals surface area (Å²) in [6, 6.07) is 5.77. The summed E-state index contributed by atoms with van der Waals surface area (Å²) < 4.78 is 10.6. The third-order valence-electron chi connectivity index (χ3n) is 4.64. The molecule has 1 aromatic rings. The van der Waals surface area contributed by atoms with Crippen molar-refractivity contribution in [1.29, 1.82) is 0 Å². The molecular formula is C19H32N4O2. The van der Waals surface area contributed by atoms with Crippen molar-refractivity contribution in [3.63, 3.8) is 0 Å². The highest BCUT2D eigenvalue weighted by atomic mass is 16.5. The average Bonchev–Trinajstić information content (AvgIpc) is 2.63. The standard InChI is InChI=1S/C19H32N4O2/c1-5-20-19(21-11-8-15-9-12-23(2)13-10-15)22-16-6-7-17(24-3)18(14-16)25-4/h6-7,14-15H,5,8-13H2,1-4H3,(H2,20,21,22). The van der Waals surface area contributed by atoms with Gasteiger partial charge in [-0.1, -0.05) is 0 Å². The fourth-order valence-electron chi connectivity index (χ4n) is 3.07. The molecule has 0 spiro atoms. The van der Waals surface area contributed by atoms with Crippen molar-refractivity contribution < 1.29 is 9.47 Å². The van der Waals surface area contributed by atoms with E-state index in [9.17, 15) is 0 Å². The lowest BCUT2D eigenvalue weighted by Crippen LogP contribution is -2.32. The van der Waals surface area contributed by atoms with Crippen LogP contribution in [-0.2, 0) is 0 Å². The second-order valence-electron chi connectivity index (χ2n) is 6.49. The maximum Gasteiger partial charge on any atom is 0.195 e. The van der Waals surface area contributed by atoms with E-state index in [1.54, 1.807) is 14.2 Å². The lowest BCUT2D eigenvalue weighted by Gasteiger charge is -2.28. The van der Waals surface area contributed by atoms with Gasteiger partial charge in [0.2, 0.25) is 0 Å². The van der Waals surface area contributed by atoms with Crippen molar-refractivity contribution in [2.24, 2.45) is 10.9 Å². The number of likely N-dealkylation sites (tertiary alicyclic amines) is 1. The van der Waals surface area contributed by atoms with Crippen LogP contribution in [0.25, 0.3) is 0 Å². The highest BCUT2D eigenvalue weighted by molar-refractivity contribution is 5.93. The summed E-state index contributed by atoms with van der Waals surface area (Å²) >= 11 is 0. The Kier molecular flexibility index (Phi) is 7.85. The molecule has 1 fully saturated rings. The Morgan fingerprint density at radius 2 is 1.92 bits per heavy atom. The predicted octanol–water partition coefficient (Wildman–Crippen LogP) is 2.81. The maximum atomic E-state index is 5.36. The number of piperidine rings is 1. The molecule has 0 radical (unpaired) electrons. The molecule has 2 N–H and O–H groups in total. The van der Waals surface area contributed by atoms with Crippen molar-refractivity contribution in [3.8, 4) is 11.5 Å². The zero-order chi connectivity index (χ0) is 18.1. The van der Waals surface area contributed by atoms with E-state index in [4.69, 9.17) is 14.5 Å². The Bertz CT molecular complexity index is 554. The molecular weight excluding hydrogens is 316 g/mol. The molecule has 6 nitrogen and oxygen atoms in total. The minimum absolute atomic E-state index is 0.703. The van der Waals surface area contributed by atoms with Gasteiger partial charge in [0, 0.05) is 24.8 Å². The van der Waals surface area contributed by atoms with Crippen LogP contribution in [0.5, 0.6) is 11.5 Å². The lowest BCUT2D eigenvalue weighted by molar-refractivity contribution is 0.214. The summed E-state index contributed by atoms with van der Waals surface area (Å²) in [5, 5.41) is 6.65. The van der Waals surface area contributed by atoms with Gasteiger partial charge in [-0.2, -0.15) is 0 Å². The van der Waals surface area contributed by atoms with Gasteiger partial charge in [-0.3, -0.25) is 4.99 Å². The summed E-state index contributed by atoms with van der Waals surface area (Å²) in [5.41, 5.74) is 0.927. The average molecular weight is 348 g/mol. The molecule has 6 heteroatoms. The van der Waals surface area contributed by atoms with Crippen LogP contribution in [0.2, 0.25) is 0 Å². The second-order valence-corrected chi connectivity index (χ2v) is 6.49. The molecule has 2 rings (SSSR count). The van der Waals surface area contributed by atoms with Crippen LogP contribution in [0.1, 0.15) is 26.2 Å². The predicted molar refractivity (Wildman–Crippen MR) is 104 cm³/mol. The number of hydrogen-bond acceptors (Lipinski definition) is 4. The molecule has 1 aromatic carbocycles. The lowest BCUT2D eigenvalue weighted by atomic mass is 9.94. The van der Waals surface area contributed by atoms with Crippen LogP contribution in [-0.4, -0.2) is 58.3 Å². The van der Waals surface area contributed by atoms with Crippen LogP contribution >= 0.6 is 0 Å². The van der Waals surface area contributed by atoms with Crippen LogP contribution in [0, 0.1) is 5.92 Å². The molecule has 0 aliphatic carbocycles. The van der Waals surface area contributed by atoms with Crippen LogP contribution in [0.4, 0.5) is 5.69 Å². The van der Waals surface area contributed by atoms with Gasteiger partial charge in [-0.15, -0.1) is 0 Å². The number of ether oxygens (including phenoxy) is 2. The van der Waals surface area contributed by atoms with Crippen molar-refractivity contribution in [2.45, 2.75) is 26.2 Å². The first-order chi connectivity index (χ1) is 12.2. The van der Waals surface area contributed by atoms with Crippen molar-refractivity contribution in [3.05, 3.63) is 18.2 Å². The third-order valence-corrected chi connectivity index (χ3v) is 4.64. The number of nitrogens with zero attached hydrogens (tertiary/aromatic N) is 2. The SMILES string of the molecule is CCNC(=NCCC1CCN(C)CC1)Nc1ccc(OC)c(OC)c1. The van der Waals surface area contributed by atoms with E-state index in [0.717, 1.165) is 42.8 Å². The number of aliphatic imine (C=N–C) groups is 1. The first-order valence-corrected chi connectivity index (χ1v) is 9.12. The first-order valence-electron chi connectivity index (χ1n) is 9.12. The highest BCUT2D eigenvalue weighted by Crippen LogP contribution is 2.29. The highest BCUT2D eigenvalue weighted by Gasteiger charge is 2.16. The van der Waals surface area contributed by atoms with E-state index in [1.165, 1.54) is 25.9 Å². The fraction of sp³-hybridized carbons (Fsp3) is 0.632. The number of rotatable bonds is 7. The topological polar surface area (TPSA) is 58.1 Å². The molecule has 0 aromatic heterocycles. The molecule has 1 heterocycles. The summed E-state index contributed by atoms with van der Waals surface area (Å²) in [6.45, 7) is 6.16. The number of anilines is 1. The Morgan fingerprint density at radius 1 is 1.20 bits per heavy atom. The van der Waals surface area contributed by atoms with Crippen LogP contribution in [0.3, 0.4) is 0 Å². The Hall–Kier alpha value is -1.95. The number of nitrogens with one attached hydrogen (secondary N) is 2. The van der Waals surface area contributed by atoms with Gasteiger partial charge in [0.15, 0.2) is 17.5 Å². The van der Waals surface area contributed by atoms with E-state index in [0.29, 0.717) is 5.75 Å². The summed E-state index contributed by atoms with van der Waals surface area (Å²) in [6.07, 6.45) is 3.72. The van der Waals surface area contributed by atoms with E-state index in [-0.39, 0.29) is 0 Å². The smallest absolute Gasteiger partial charge is 0.195 e. The minimum Gasteiger partial charge on any atom is -0.493 e. The first kappa shape index (κ1) is 19.4. The van der Waals surface area contributed by atoms with Crippen molar-refractivity contribution in [2.75, 3.05) is 52.8 Å². The van der Waals surface area contributed by atoms with Gasteiger partial charge < -0.3 is 25.0 Å². The van der Waals surface area contributed by atoms with E-state index in [2.05, 4.69) is 29.5 Å². The second kappa shape index (κ2) is 10.1. The molecule has 0 atom stereocenters. The summed E-state index contributed by atoms with van der Waals surface area (Å²) in [4.78, 5) is 7.13. The molecule has 0 unspecified atom stereocenters. The zero-order valence-corrected chi connectivity index (χ0v) is 16.0. The summed E-state index contributed by atoms with van der Waals surface area (Å²) in [5.74, 6) is 3.03. The number of methoxy groups -OCH3 is 2. The Morgan fingerprint density at radius 3 is 2.56 bits per heavy atom. The number of hydrogen-bond donors (Lipinski definition) is 2. The van der Waals surface area contributed by atoms with Crippen molar-refractivity contribution >= 4 is 11.6 Å². The van der Waals surface area contributed by atoms with Gasteiger partial charge >= 0.3 is 0 Å². The van der Waals surface area contributed by atoms with Crippen LogP contribution in [0.15, 0.2) is 23.2 Å². The van der Waals surface area contributed by atoms with E-state index in [1.807, 2.05) is 18.2 Å². The van der Waals surface area contributed by atoms with Crippen LogP contribution < -0.4 is 20.1 Å². The quantitative estimate of drug-likeness (QED) is 0.586. The normalized spacial score (nSPS) is 16.6. The molecule has 1 saturated heterocycles. The number of benzene rings is 1. The molecule has 0 saturated carbocycles. The molecule has 0 amide bonds. The Labute approximate surface area is 151 Å². The van der Waals surface area contributed by atoms with E-state index >= 15 is 0 Å². The minimum atomic E-state index is 0.703. The summed E-state index contributed by atoms with van der Waals surface area (Å²) in [7, 11) is 5.48. The molecule has 25 heavy (non-hydrogen) atoms. The zero-order valence-electron chi connectivity index (χ0n) is 16.0. The van der Waals surface area contributed by atoms with Gasteiger partial charge in [-0.25, -0.2) is 0 Å². The van der Waals surface area contributed by atoms with Gasteiger partial charge in [0.1, 0.15) is 0 Å². The monoisotopic (exact) mass is 348 g/mol. The van der Waals surface area contributed by atoms with Crippen molar-refractivity contribution in [1.82, 2.24) is 10.2 Å². The van der Waals surface area contributed by atoms with Gasteiger partial charge in [0.25, 0.3) is 0 Å². The third kappa shape index (κ3) is 6.12.